The molecule has 0 spiro atoms. The van der Waals surface area contributed by atoms with Crippen LogP contribution < -0.4 is 10.6 Å². The number of benzene rings is 1. The highest BCUT2D eigenvalue weighted by Crippen LogP contribution is 2.26. The second-order valence-electron chi connectivity index (χ2n) is 6.98. The van der Waals surface area contributed by atoms with Gasteiger partial charge >= 0.3 is 0 Å². The summed E-state index contributed by atoms with van der Waals surface area (Å²) in [5.74, 6) is 0.683. The molecule has 0 fully saturated rings. The molecule has 0 unspecified atom stereocenters. The average molecular weight is 416 g/mol. The summed E-state index contributed by atoms with van der Waals surface area (Å²) in [4.78, 5) is 37.2. The van der Waals surface area contributed by atoms with Gasteiger partial charge in [0.25, 0.3) is 5.91 Å². The van der Waals surface area contributed by atoms with E-state index in [4.69, 9.17) is 2.74 Å². The van der Waals surface area contributed by atoms with Gasteiger partial charge in [-0.25, -0.2) is 29.9 Å². The molecule has 0 saturated heterocycles. The van der Waals surface area contributed by atoms with Crippen LogP contribution in [0.15, 0.2) is 49.3 Å². The zero-order chi connectivity index (χ0) is 23.5. The van der Waals surface area contributed by atoms with Crippen molar-refractivity contribution in [2.75, 3.05) is 18.9 Å². The number of aryl methyl sites for hydroxylation is 1. The maximum absolute atomic E-state index is 12.2. The van der Waals surface area contributed by atoms with Crippen LogP contribution in [0.2, 0.25) is 0 Å². The zero-order valence-corrected chi connectivity index (χ0v) is 17.3. The number of nitrogens with one attached hydrogen (secondary N) is 2. The molecule has 0 radical (unpaired) electrons. The third-order valence-corrected chi connectivity index (χ3v) is 4.84. The van der Waals surface area contributed by atoms with E-state index in [0.717, 1.165) is 11.1 Å². The first kappa shape index (κ1) is 17.8. The lowest BCUT2D eigenvalue weighted by Gasteiger charge is -2.16. The minimum Gasteiger partial charge on any atom is -0.369 e. The molecule has 4 rings (SSSR count). The number of anilines is 1. The molecule has 0 aliphatic heterocycles. The van der Waals surface area contributed by atoms with Crippen molar-refractivity contribution >= 4 is 22.6 Å². The van der Waals surface area contributed by atoms with Gasteiger partial charge in [0.05, 0.1) is 14.0 Å². The second kappa shape index (κ2) is 8.78. The summed E-state index contributed by atoms with van der Waals surface area (Å²) < 4.78 is 16.2. The Morgan fingerprint density at radius 3 is 2.65 bits per heavy atom. The van der Waals surface area contributed by atoms with Crippen LogP contribution >= 0.6 is 0 Å². The van der Waals surface area contributed by atoms with Gasteiger partial charge in [0.15, 0.2) is 0 Å². The van der Waals surface area contributed by atoms with Crippen LogP contribution in [0, 0.1) is 6.92 Å². The Balaban J connectivity index is 1.58. The molecule has 0 aliphatic carbocycles. The number of amides is 1. The minimum atomic E-state index is -0.263. The Bertz CT molecular complexity index is 1320. The first-order chi connectivity index (χ1) is 15.9. The predicted octanol–water partition coefficient (Wildman–Crippen LogP) is 2.76. The summed E-state index contributed by atoms with van der Waals surface area (Å²) >= 11 is 0. The number of aromatic nitrogens is 6. The Morgan fingerprint density at radius 2 is 1.87 bits per heavy atom. The number of rotatable bonds is 6. The molecule has 0 aliphatic rings. The van der Waals surface area contributed by atoms with Crippen molar-refractivity contribution in [2.24, 2.45) is 0 Å². The number of hydrogen-bond acceptors (Lipinski definition) is 8. The van der Waals surface area contributed by atoms with Crippen LogP contribution in [0.1, 0.15) is 37.5 Å². The molecular weight excluding hydrogens is 392 g/mol. The second-order valence-corrected chi connectivity index (χ2v) is 6.98. The van der Waals surface area contributed by atoms with E-state index in [2.05, 4.69) is 40.5 Å². The normalized spacial score (nSPS) is 12.7. The van der Waals surface area contributed by atoms with Crippen LogP contribution in [0.4, 0.5) is 5.82 Å². The molecule has 9 nitrogen and oxygen atoms in total. The maximum Gasteiger partial charge on any atom is 0.270 e. The Morgan fingerprint density at radius 1 is 1.10 bits per heavy atom. The molecule has 4 aromatic rings. The number of nitrogens with zero attached hydrogens (tertiary/aromatic N) is 6. The monoisotopic (exact) mass is 416 g/mol. The summed E-state index contributed by atoms with van der Waals surface area (Å²) in [5, 5.41) is 6.58. The molecule has 1 atom stereocenters. The van der Waals surface area contributed by atoms with Gasteiger partial charge in [-0.2, -0.15) is 0 Å². The topological polar surface area (TPSA) is 118 Å². The third-order valence-electron chi connectivity index (χ3n) is 4.84. The fraction of sp³-hybridized carbons (Fsp3) is 0.227. The van der Waals surface area contributed by atoms with E-state index in [0.29, 0.717) is 35.0 Å². The van der Waals surface area contributed by atoms with E-state index in [1.54, 1.807) is 20.0 Å². The summed E-state index contributed by atoms with van der Waals surface area (Å²) in [6.45, 7) is 4.22. The van der Waals surface area contributed by atoms with Gasteiger partial charge in [-0.05, 0) is 12.5 Å². The molecule has 156 valence electrons. The van der Waals surface area contributed by atoms with Crippen molar-refractivity contribution in [1.29, 1.82) is 0 Å². The molecule has 31 heavy (non-hydrogen) atoms. The fourth-order valence-corrected chi connectivity index (χ4v) is 3.20. The van der Waals surface area contributed by atoms with Crippen LogP contribution in [0.5, 0.6) is 0 Å². The molecular formula is C22H22N8O. The summed E-state index contributed by atoms with van der Waals surface area (Å²) in [6, 6.07) is 7.37. The van der Waals surface area contributed by atoms with E-state index < -0.39 is 0 Å². The summed E-state index contributed by atoms with van der Waals surface area (Å²) in [6.07, 6.45) is 2.68. The van der Waals surface area contributed by atoms with E-state index in [9.17, 15) is 4.79 Å². The smallest absolute Gasteiger partial charge is 0.270 e. The Kier molecular flexibility index (Phi) is 5.05. The van der Waals surface area contributed by atoms with Crippen molar-refractivity contribution in [1.82, 2.24) is 35.2 Å². The highest BCUT2D eigenvalue weighted by atomic mass is 16.1. The van der Waals surface area contributed by atoms with E-state index in [-0.39, 0.29) is 29.7 Å². The summed E-state index contributed by atoms with van der Waals surface area (Å²) in [7, 11) is 1.57. The zero-order valence-electron chi connectivity index (χ0n) is 19.3. The predicted molar refractivity (Wildman–Crippen MR) is 118 cm³/mol. The lowest BCUT2D eigenvalue weighted by Crippen LogP contribution is -2.20. The molecule has 0 bridgehead atoms. The first-order valence-electron chi connectivity index (χ1n) is 10.7. The lowest BCUT2D eigenvalue weighted by molar-refractivity contribution is 0.0960. The SMILES string of the molecule is [2H]c1nc(C)nc([2H])c1-c1cc(NC[C@@H](C)c2cccc3c(C(=O)NC)ncnc23)ncn1. The Labute approximate surface area is 182 Å². The van der Waals surface area contributed by atoms with Crippen molar-refractivity contribution in [3.8, 4) is 11.3 Å². The van der Waals surface area contributed by atoms with Gasteiger partial charge in [-0.1, -0.05) is 25.1 Å². The van der Waals surface area contributed by atoms with E-state index in [1.807, 2.05) is 25.1 Å². The molecule has 3 aromatic heterocycles. The van der Waals surface area contributed by atoms with E-state index >= 15 is 0 Å². The maximum atomic E-state index is 12.2. The van der Waals surface area contributed by atoms with E-state index in [1.165, 1.54) is 12.7 Å². The highest BCUT2D eigenvalue weighted by Gasteiger charge is 2.16. The molecule has 9 heteroatoms. The fourth-order valence-electron chi connectivity index (χ4n) is 3.20. The largest absolute Gasteiger partial charge is 0.369 e. The lowest BCUT2D eigenvalue weighted by atomic mass is 9.97. The molecule has 1 amide bonds. The molecule has 0 saturated carbocycles. The van der Waals surface area contributed by atoms with Crippen LogP contribution in [0.3, 0.4) is 0 Å². The van der Waals surface area contributed by atoms with Gasteiger partial charge in [0, 0.05) is 48.9 Å². The standard InChI is InChI=1S/C22H22N8O/c1-13(16-5-4-6-17-20(16)29-12-30-21(17)22(31)23-3)8-26-19-7-18(27-11-28-19)15-9-24-14(2)25-10-15/h4-7,9-13H,8H2,1-3H3,(H,23,31)(H,26,27,28)/t13-/m1/s1/i9D,10D. The van der Waals surface area contributed by atoms with Gasteiger partial charge in [-0.15, -0.1) is 0 Å². The molecule has 1 aromatic carbocycles. The average Bonchev–Trinajstić information content (AvgIpc) is 2.81. The number of carbonyl (C=O) groups is 1. The number of fused-ring (bicyclic) bond motifs is 1. The van der Waals surface area contributed by atoms with Crippen LogP contribution in [-0.4, -0.2) is 49.4 Å². The first-order valence-corrected chi connectivity index (χ1v) is 9.72. The van der Waals surface area contributed by atoms with Crippen LogP contribution in [0.25, 0.3) is 22.2 Å². The number of para-hydroxylation sites is 1. The van der Waals surface area contributed by atoms with Crippen molar-refractivity contribution in [3.63, 3.8) is 0 Å². The third kappa shape index (κ3) is 4.30. The van der Waals surface area contributed by atoms with Crippen molar-refractivity contribution < 1.29 is 7.54 Å². The van der Waals surface area contributed by atoms with Crippen molar-refractivity contribution in [2.45, 2.75) is 19.8 Å². The quantitative estimate of drug-likeness (QED) is 0.492. The molecule has 2 N–H and O–H groups in total. The van der Waals surface area contributed by atoms with Gasteiger partial charge in [-0.3, -0.25) is 4.79 Å². The minimum absolute atomic E-state index is 0.0285. The van der Waals surface area contributed by atoms with Gasteiger partial charge < -0.3 is 10.6 Å². The van der Waals surface area contributed by atoms with Gasteiger partial charge in [0.1, 0.15) is 30.0 Å². The number of hydrogen-bond donors (Lipinski definition) is 2. The summed E-state index contributed by atoms with van der Waals surface area (Å²) in [5.41, 5.74) is 2.69. The van der Waals surface area contributed by atoms with Gasteiger partial charge in [0.2, 0.25) is 0 Å². The van der Waals surface area contributed by atoms with Crippen LogP contribution in [-0.2, 0) is 0 Å². The highest BCUT2D eigenvalue weighted by molar-refractivity contribution is 6.04. The Hall–Kier alpha value is -4.01. The number of carbonyl (C=O) groups excluding carboxylic acids is 1. The molecule has 3 heterocycles. The van der Waals surface area contributed by atoms with Crippen molar-refractivity contribution in [3.05, 3.63) is 66.3 Å².